The molecule has 0 saturated heterocycles. The first-order valence-corrected chi connectivity index (χ1v) is 2.05. The van der Waals surface area contributed by atoms with E-state index in [1.807, 2.05) is 6.07 Å². The summed E-state index contributed by atoms with van der Waals surface area (Å²) >= 11 is 0. The number of aromatic amines is 1. The molecule has 7 heavy (non-hydrogen) atoms. The van der Waals surface area contributed by atoms with Crippen molar-refractivity contribution in [3.8, 4) is 0 Å². The van der Waals surface area contributed by atoms with Gasteiger partial charge in [-0.3, -0.25) is 0 Å². The first-order chi connectivity index (χ1) is 3.43. The van der Waals surface area contributed by atoms with Crippen LogP contribution >= 0.6 is 0 Å². The molecule has 0 amide bonds. The zero-order valence-electron chi connectivity index (χ0n) is 3.89. The minimum atomic E-state index is 0.958. The van der Waals surface area contributed by atoms with Crippen LogP contribution in [0.25, 0.3) is 0 Å². The summed E-state index contributed by atoms with van der Waals surface area (Å²) in [5, 5.41) is 6.42. The molecule has 0 aliphatic rings. The first-order valence-electron chi connectivity index (χ1n) is 2.05. The fraction of sp³-hybridized carbons (Fsp3) is 0. The van der Waals surface area contributed by atoms with Crippen molar-refractivity contribution in [2.24, 2.45) is 0 Å². The standard InChI is InChI=1S/C4H5BN2/c1-5-4-2-3-6-7-4/h2-3H,1H2,(H,6,7). The topological polar surface area (TPSA) is 28.7 Å². The Morgan fingerprint density at radius 2 is 2.71 bits per heavy atom. The molecule has 0 unspecified atom stereocenters. The molecular weight excluding hydrogens is 86.9 g/mol. The SMILES string of the molecule is C=Bc1ccn[nH]1. The quantitative estimate of drug-likeness (QED) is 0.450. The second kappa shape index (κ2) is 1.73. The fourth-order valence-corrected chi connectivity index (χ4v) is 0.380. The molecule has 1 aromatic rings. The van der Waals surface area contributed by atoms with Gasteiger partial charge in [-0.25, -0.2) is 0 Å². The Morgan fingerprint density at radius 1 is 1.86 bits per heavy atom. The van der Waals surface area contributed by atoms with Crippen LogP contribution in [-0.2, 0) is 0 Å². The Hall–Kier alpha value is -0.855. The predicted molar refractivity (Wildman–Crippen MR) is 31.1 cm³/mol. The van der Waals surface area contributed by atoms with Gasteiger partial charge in [-0.1, -0.05) is 0 Å². The number of hydrogen-bond donors (Lipinski definition) is 1. The van der Waals surface area contributed by atoms with E-state index >= 15 is 0 Å². The number of H-pyrrole nitrogens is 1. The van der Waals surface area contributed by atoms with Crippen molar-refractivity contribution in [3.05, 3.63) is 12.3 Å². The Labute approximate surface area is 42.5 Å². The Balaban J connectivity index is 2.96. The summed E-state index contributed by atoms with van der Waals surface area (Å²) in [5.41, 5.74) is 0.958. The molecule has 0 aromatic carbocycles. The first kappa shape index (κ1) is 4.31. The van der Waals surface area contributed by atoms with E-state index in [1.165, 1.54) is 0 Å². The Bertz CT molecular complexity index is 145. The summed E-state index contributed by atoms with van der Waals surface area (Å²) in [6.45, 7) is 5.25. The summed E-state index contributed by atoms with van der Waals surface area (Å²) in [5.74, 6) is 0. The molecule has 1 N–H and O–H groups in total. The molecule has 0 spiro atoms. The van der Waals surface area contributed by atoms with E-state index in [0.29, 0.717) is 0 Å². The van der Waals surface area contributed by atoms with Crippen LogP contribution in [0.15, 0.2) is 12.3 Å². The molecule has 0 atom stereocenters. The maximum absolute atomic E-state index is 3.70. The van der Waals surface area contributed by atoms with Crippen molar-refractivity contribution in [2.75, 3.05) is 0 Å². The second-order valence-electron chi connectivity index (χ2n) is 1.22. The van der Waals surface area contributed by atoms with Crippen molar-refractivity contribution in [3.63, 3.8) is 0 Å². The van der Waals surface area contributed by atoms with Crippen molar-refractivity contribution >= 4 is 19.0 Å². The normalized spacial score (nSPS) is 8.00. The van der Waals surface area contributed by atoms with E-state index < -0.39 is 0 Å². The van der Waals surface area contributed by atoms with Gasteiger partial charge in [-0.15, -0.1) is 0 Å². The zero-order valence-corrected chi connectivity index (χ0v) is 3.89. The summed E-state index contributed by atoms with van der Waals surface area (Å²) in [7, 11) is 0. The molecule has 0 aliphatic heterocycles. The van der Waals surface area contributed by atoms with Gasteiger partial charge >= 0.3 is 41.4 Å². The van der Waals surface area contributed by atoms with Crippen LogP contribution in [0.3, 0.4) is 0 Å². The molecule has 1 aromatic heterocycles. The van der Waals surface area contributed by atoms with Crippen LogP contribution in [0.5, 0.6) is 0 Å². The molecule has 0 saturated carbocycles. The number of rotatable bonds is 1. The fourth-order valence-electron chi connectivity index (χ4n) is 0.380. The van der Waals surface area contributed by atoms with Gasteiger partial charge in [0.15, 0.2) is 0 Å². The van der Waals surface area contributed by atoms with Crippen molar-refractivity contribution in [2.45, 2.75) is 0 Å². The third-order valence-electron chi connectivity index (χ3n) is 0.742. The molecule has 0 aliphatic carbocycles. The van der Waals surface area contributed by atoms with Gasteiger partial charge in [0.2, 0.25) is 0 Å². The Morgan fingerprint density at radius 3 is 3.00 bits per heavy atom. The van der Waals surface area contributed by atoms with Gasteiger partial charge in [0.1, 0.15) is 0 Å². The molecule has 0 bridgehead atoms. The van der Waals surface area contributed by atoms with E-state index in [2.05, 4.69) is 16.7 Å². The van der Waals surface area contributed by atoms with Crippen LogP contribution in [0.4, 0.5) is 0 Å². The third-order valence-corrected chi connectivity index (χ3v) is 0.742. The van der Waals surface area contributed by atoms with E-state index in [-0.39, 0.29) is 0 Å². The molecule has 0 radical (unpaired) electrons. The van der Waals surface area contributed by atoms with Crippen molar-refractivity contribution in [1.29, 1.82) is 0 Å². The molecular formula is C4H5BN2. The van der Waals surface area contributed by atoms with Gasteiger partial charge in [0.25, 0.3) is 0 Å². The average Bonchev–Trinajstić information content (AvgIpc) is 2.14. The van der Waals surface area contributed by atoms with Gasteiger partial charge in [0, 0.05) is 0 Å². The monoisotopic (exact) mass is 92.1 g/mol. The van der Waals surface area contributed by atoms with Gasteiger partial charge in [0.05, 0.1) is 0 Å². The Kier molecular flexibility index (Phi) is 1.07. The van der Waals surface area contributed by atoms with E-state index in [4.69, 9.17) is 0 Å². The van der Waals surface area contributed by atoms with Crippen molar-refractivity contribution < 1.29 is 0 Å². The van der Waals surface area contributed by atoms with Crippen LogP contribution in [-0.4, -0.2) is 23.6 Å². The van der Waals surface area contributed by atoms with Gasteiger partial charge < -0.3 is 0 Å². The molecule has 3 heteroatoms. The van der Waals surface area contributed by atoms with Crippen molar-refractivity contribution in [1.82, 2.24) is 10.2 Å². The zero-order chi connectivity index (χ0) is 5.11. The summed E-state index contributed by atoms with van der Waals surface area (Å²) < 4.78 is 0. The average molecular weight is 91.9 g/mol. The number of nitrogens with one attached hydrogen (secondary N) is 1. The summed E-state index contributed by atoms with van der Waals surface area (Å²) in [4.78, 5) is 0. The molecule has 0 fully saturated rings. The molecule has 1 heterocycles. The van der Waals surface area contributed by atoms with Crippen LogP contribution in [0, 0.1) is 0 Å². The van der Waals surface area contributed by atoms with Gasteiger partial charge in [-0.2, -0.15) is 0 Å². The second-order valence-corrected chi connectivity index (χ2v) is 1.22. The molecule has 2 nitrogen and oxygen atoms in total. The third kappa shape index (κ3) is 0.767. The van der Waals surface area contributed by atoms with Crippen LogP contribution in [0.2, 0.25) is 0 Å². The van der Waals surface area contributed by atoms with E-state index in [0.717, 1.165) is 5.59 Å². The molecule has 34 valence electrons. The number of aromatic nitrogens is 2. The summed E-state index contributed by atoms with van der Waals surface area (Å²) in [6.07, 6.45) is 1.69. The number of nitrogens with zero attached hydrogens (tertiary/aromatic N) is 1. The number of hydrogen-bond acceptors (Lipinski definition) is 1. The van der Waals surface area contributed by atoms with Crippen LogP contribution < -0.4 is 5.59 Å². The van der Waals surface area contributed by atoms with Crippen LogP contribution in [0.1, 0.15) is 0 Å². The summed E-state index contributed by atoms with van der Waals surface area (Å²) in [6, 6.07) is 1.85. The molecule has 1 rings (SSSR count). The maximum atomic E-state index is 3.70. The van der Waals surface area contributed by atoms with E-state index in [9.17, 15) is 0 Å². The van der Waals surface area contributed by atoms with E-state index in [1.54, 1.807) is 13.1 Å². The predicted octanol–water partition coefficient (Wildman–Crippen LogP) is -0.829. The minimum absolute atomic E-state index is 0.958. The van der Waals surface area contributed by atoms with Gasteiger partial charge in [-0.05, 0) is 0 Å².